The molecule has 0 aliphatic carbocycles. The van der Waals surface area contributed by atoms with E-state index in [0.717, 1.165) is 30.1 Å². The maximum absolute atomic E-state index is 4.70. The zero-order chi connectivity index (χ0) is 9.03. The van der Waals surface area contributed by atoms with Crippen molar-refractivity contribution in [3.8, 4) is 0 Å². The zero-order valence-corrected chi connectivity index (χ0v) is 11.1. The first-order valence-corrected chi connectivity index (χ1v) is 7.56. The minimum atomic E-state index is 0.187. The Balaban J connectivity index is 2.29. The second kappa shape index (κ2) is 5.59. The molecule has 0 saturated carbocycles. The number of thioether (sulfide) groups is 2. The van der Waals surface area contributed by atoms with E-state index in [4.69, 9.17) is 12.6 Å². The first-order valence-electron chi connectivity index (χ1n) is 3.93. The molecule has 1 saturated heterocycles. The summed E-state index contributed by atoms with van der Waals surface area (Å²) in [5.41, 5.74) is 0. The summed E-state index contributed by atoms with van der Waals surface area (Å²) < 4.78 is 0.693. The van der Waals surface area contributed by atoms with E-state index in [9.17, 15) is 0 Å². The second-order valence-corrected chi connectivity index (χ2v) is 8.02. The van der Waals surface area contributed by atoms with Crippen LogP contribution in [0.3, 0.4) is 0 Å². The molecule has 5 heteroatoms. The Morgan fingerprint density at radius 1 is 1.50 bits per heavy atom. The van der Waals surface area contributed by atoms with Crippen LogP contribution >= 0.6 is 61.4 Å². The van der Waals surface area contributed by atoms with Gasteiger partial charge in [-0.1, -0.05) is 0 Å². The smallest absolute Gasteiger partial charge is 0.0672 e. The lowest BCUT2D eigenvalue weighted by molar-refractivity contribution is 0.762. The first kappa shape index (κ1) is 11.8. The average Bonchev–Trinajstić information content (AvgIpc) is 2.08. The Morgan fingerprint density at radius 3 is 2.75 bits per heavy atom. The van der Waals surface area contributed by atoms with Crippen molar-refractivity contribution in [3.63, 3.8) is 0 Å². The predicted octanol–water partition coefficient (Wildman–Crippen LogP) is 3.06. The van der Waals surface area contributed by atoms with Gasteiger partial charge in [0.05, 0.1) is 8.66 Å². The highest BCUT2D eigenvalue weighted by molar-refractivity contribution is 8.18. The minimum absolute atomic E-state index is 0.187. The molecule has 0 nitrogen and oxygen atoms in total. The molecule has 0 bridgehead atoms. The predicted molar refractivity (Wildman–Crippen MR) is 72.5 cm³/mol. The largest absolute Gasteiger partial charge is 0.179 e. The SMILES string of the molecule is SCCCC1(S)CSC(S)CS1. The van der Waals surface area contributed by atoms with Crippen LogP contribution in [0.25, 0.3) is 0 Å². The van der Waals surface area contributed by atoms with Gasteiger partial charge in [-0.25, -0.2) is 0 Å². The van der Waals surface area contributed by atoms with Gasteiger partial charge in [-0.05, 0) is 18.6 Å². The van der Waals surface area contributed by atoms with Crippen molar-refractivity contribution in [3.05, 3.63) is 0 Å². The molecule has 0 amide bonds. The highest BCUT2D eigenvalue weighted by atomic mass is 32.2. The summed E-state index contributed by atoms with van der Waals surface area (Å²) in [7, 11) is 0. The highest BCUT2D eigenvalue weighted by Crippen LogP contribution is 2.44. The van der Waals surface area contributed by atoms with Gasteiger partial charge in [0.25, 0.3) is 0 Å². The Labute approximate surface area is 99.6 Å². The Bertz CT molecular complexity index is 124. The van der Waals surface area contributed by atoms with Gasteiger partial charge in [-0.3, -0.25) is 0 Å². The molecule has 0 aromatic heterocycles. The highest BCUT2D eigenvalue weighted by Gasteiger charge is 2.31. The normalized spacial score (nSPS) is 36.8. The molecule has 2 atom stereocenters. The topological polar surface area (TPSA) is 0 Å². The number of rotatable bonds is 3. The molecule has 0 aromatic rings. The lowest BCUT2D eigenvalue weighted by Gasteiger charge is -2.33. The Kier molecular flexibility index (Phi) is 5.50. The van der Waals surface area contributed by atoms with Crippen molar-refractivity contribution in [1.29, 1.82) is 0 Å². The summed E-state index contributed by atoms with van der Waals surface area (Å²) in [5, 5.41) is 0. The van der Waals surface area contributed by atoms with Gasteiger partial charge in [-0.2, -0.15) is 37.9 Å². The van der Waals surface area contributed by atoms with Crippen LogP contribution in [-0.4, -0.2) is 25.9 Å². The average molecular weight is 259 g/mol. The van der Waals surface area contributed by atoms with Gasteiger partial charge in [0, 0.05) is 11.5 Å². The lowest BCUT2D eigenvalue weighted by Crippen LogP contribution is -2.28. The molecule has 72 valence electrons. The third-order valence-electron chi connectivity index (χ3n) is 1.72. The fourth-order valence-electron chi connectivity index (χ4n) is 1.04. The maximum atomic E-state index is 4.70. The van der Waals surface area contributed by atoms with Gasteiger partial charge >= 0.3 is 0 Å². The molecule has 1 rings (SSSR count). The van der Waals surface area contributed by atoms with Crippen molar-refractivity contribution in [2.45, 2.75) is 21.5 Å². The van der Waals surface area contributed by atoms with Gasteiger partial charge in [0.1, 0.15) is 0 Å². The van der Waals surface area contributed by atoms with E-state index in [1.54, 1.807) is 0 Å². The molecule has 0 spiro atoms. The van der Waals surface area contributed by atoms with Crippen LogP contribution in [0.15, 0.2) is 0 Å². The van der Waals surface area contributed by atoms with Gasteiger partial charge in [0.2, 0.25) is 0 Å². The summed E-state index contributed by atoms with van der Waals surface area (Å²) in [5.74, 6) is 3.20. The van der Waals surface area contributed by atoms with Crippen LogP contribution in [0.1, 0.15) is 12.8 Å². The zero-order valence-electron chi connectivity index (χ0n) is 6.77. The third kappa shape index (κ3) is 3.86. The maximum Gasteiger partial charge on any atom is 0.0672 e. The molecule has 2 unspecified atom stereocenters. The van der Waals surface area contributed by atoms with Crippen molar-refractivity contribution in [2.75, 3.05) is 17.3 Å². The van der Waals surface area contributed by atoms with Crippen molar-refractivity contribution in [2.24, 2.45) is 0 Å². The summed E-state index contributed by atoms with van der Waals surface area (Å²) >= 11 is 17.2. The van der Waals surface area contributed by atoms with E-state index in [2.05, 4.69) is 25.3 Å². The first-order chi connectivity index (χ1) is 5.66. The van der Waals surface area contributed by atoms with Crippen LogP contribution in [0.5, 0.6) is 0 Å². The van der Waals surface area contributed by atoms with Crippen molar-refractivity contribution < 1.29 is 0 Å². The van der Waals surface area contributed by atoms with Crippen molar-refractivity contribution in [1.82, 2.24) is 0 Å². The van der Waals surface area contributed by atoms with Crippen LogP contribution in [-0.2, 0) is 0 Å². The van der Waals surface area contributed by atoms with E-state index < -0.39 is 0 Å². The third-order valence-corrected chi connectivity index (χ3v) is 6.89. The fraction of sp³-hybridized carbons (Fsp3) is 1.00. The van der Waals surface area contributed by atoms with Gasteiger partial charge < -0.3 is 0 Å². The molecular formula is C7H14S5. The van der Waals surface area contributed by atoms with Crippen LogP contribution < -0.4 is 0 Å². The summed E-state index contributed by atoms with van der Waals surface area (Å²) in [4.78, 5) is 0. The van der Waals surface area contributed by atoms with Gasteiger partial charge in [0.15, 0.2) is 0 Å². The second-order valence-electron chi connectivity index (χ2n) is 2.85. The molecule has 1 fully saturated rings. The summed E-state index contributed by atoms with van der Waals surface area (Å²) in [6.45, 7) is 0. The number of hydrogen-bond acceptors (Lipinski definition) is 5. The molecule has 0 N–H and O–H groups in total. The quantitative estimate of drug-likeness (QED) is 0.666. The molecule has 12 heavy (non-hydrogen) atoms. The van der Waals surface area contributed by atoms with E-state index in [0.29, 0.717) is 4.58 Å². The van der Waals surface area contributed by atoms with Crippen molar-refractivity contribution >= 4 is 61.4 Å². The van der Waals surface area contributed by atoms with E-state index >= 15 is 0 Å². The molecule has 1 aliphatic heterocycles. The lowest BCUT2D eigenvalue weighted by atomic mass is 10.2. The Morgan fingerprint density at radius 2 is 2.25 bits per heavy atom. The van der Waals surface area contributed by atoms with E-state index in [-0.39, 0.29) is 4.08 Å². The van der Waals surface area contributed by atoms with Crippen LogP contribution in [0.2, 0.25) is 0 Å². The monoisotopic (exact) mass is 258 g/mol. The standard InChI is InChI=1S/C7H14S5/c8-3-1-2-7(10)5-11-6(9)4-12-7/h6,8-10H,1-5H2. The molecule has 1 heterocycles. The number of hydrogen-bond donors (Lipinski definition) is 3. The fourth-order valence-corrected chi connectivity index (χ4v) is 4.72. The minimum Gasteiger partial charge on any atom is -0.179 e. The Hall–Kier alpha value is 1.75. The molecule has 0 aromatic carbocycles. The summed E-state index contributed by atoms with van der Waals surface area (Å²) in [6, 6.07) is 0. The molecule has 0 radical (unpaired) electrons. The molecular weight excluding hydrogens is 244 g/mol. The summed E-state index contributed by atoms with van der Waals surface area (Å²) in [6.07, 6.45) is 2.33. The van der Waals surface area contributed by atoms with Crippen LogP contribution in [0, 0.1) is 0 Å². The van der Waals surface area contributed by atoms with E-state index in [1.807, 2.05) is 23.5 Å². The van der Waals surface area contributed by atoms with E-state index in [1.165, 1.54) is 0 Å². The van der Waals surface area contributed by atoms with Gasteiger partial charge in [-0.15, -0.1) is 23.5 Å². The van der Waals surface area contributed by atoms with Crippen LogP contribution in [0.4, 0.5) is 0 Å². The number of thiol groups is 3. The molecule has 1 aliphatic rings.